The van der Waals surface area contributed by atoms with E-state index in [9.17, 15) is 0 Å². The highest BCUT2D eigenvalue weighted by Gasteiger charge is 2.25. The average Bonchev–Trinajstić information content (AvgIpc) is 2.75. The zero-order valence-corrected chi connectivity index (χ0v) is 16.4. The Morgan fingerprint density at radius 1 is 0.964 bits per heavy atom. The third-order valence-electron chi connectivity index (χ3n) is 5.37. The molecule has 1 fully saturated rings. The molecule has 0 N–H and O–H groups in total. The summed E-state index contributed by atoms with van der Waals surface area (Å²) in [5.41, 5.74) is 3.86. The highest BCUT2D eigenvalue weighted by Crippen LogP contribution is 2.31. The van der Waals surface area contributed by atoms with E-state index in [4.69, 9.17) is 4.74 Å². The van der Waals surface area contributed by atoms with Crippen LogP contribution >= 0.6 is 0 Å². The van der Waals surface area contributed by atoms with Crippen molar-refractivity contribution in [1.82, 2.24) is 14.9 Å². The molecule has 1 aliphatic heterocycles. The summed E-state index contributed by atoms with van der Waals surface area (Å²) in [5, 5.41) is 0. The maximum Gasteiger partial charge on any atom is 0.125 e. The van der Waals surface area contributed by atoms with Crippen molar-refractivity contribution in [3.05, 3.63) is 95.6 Å². The van der Waals surface area contributed by atoms with Gasteiger partial charge in [0.1, 0.15) is 5.82 Å². The number of hydrogen-bond acceptors (Lipinski definition) is 4. The van der Waals surface area contributed by atoms with Gasteiger partial charge >= 0.3 is 0 Å². The molecule has 0 aliphatic carbocycles. The molecule has 0 saturated carbocycles. The third-order valence-corrected chi connectivity index (χ3v) is 5.37. The van der Waals surface area contributed by atoms with Gasteiger partial charge in [0.05, 0.1) is 12.7 Å². The van der Waals surface area contributed by atoms with E-state index in [-0.39, 0.29) is 6.10 Å². The van der Waals surface area contributed by atoms with Gasteiger partial charge in [-0.05, 0) is 24.5 Å². The standard InChI is InChI=1S/C24H27N3O/c1-19-25-15-20(16-26-19)17-27-12-13-28-23(18-27)14-24(21-8-4-2-5-9-21)22-10-6-3-7-11-22/h2-11,15-16,23-24H,12-14,17-18H2,1H3/t23-/m0/s1. The molecule has 0 spiro atoms. The molecule has 1 saturated heterocycles. The molecule has 28 heavy (non-hydrogen) atoms. The number of ether oxygens (including phenoxy) is 1. The van der Waals surface area contributed by atoms with E-state index in [0.717, 1.165) is 44.0 Å². The van der Waals surface area contributed by atoms with Crippen LogP contribution in [-0.4, -0.2) is 40.7 Å². The summed E-state index contributed by atoms with van der Waals surface area (Å²) in [6, 6.07) is 21.5. The van der Waals surface area contributed by atoms with Gasteiger partial charge in [0.2, 0.25) is 0 Å². The Labute approximate surface area is 167 Å². The van der Waals surface area contributed by atoms with Crippen LogP contribution in [0.2, 0.25) is 0 Å². The van der Waals surface area contributed by atoms with Crippen LogP contribution in [0.5, 0.6) is 0 Å². The molecular weight excluding hydrogens is 346 g/mol. The third kappa shape index (κ3) is 4.83. The van der Waals surface area contributed by atoms with Crippen LogP contribution in [0, 0.1) is 6.92 Å². The van der Waals surface area contributed by atoms with Crippen molar-refractivity contribution in [3.8, 4) is 0 Å². The fourth-order valence-corrected chi connectivity index (χ4v) is 3.92. The molecule has 0 bridgehead atoms. The number of benzene rings is 2. The monoisotopic (exact) mass is 373 g/mol. The summed E-state index contributed by atoms with van der Waals surface area (Å²) in [6.07, 6.45) is 5.06. The van der Waals surface area contributed by atoms with E-state index < -0.39 is 0 Å². The molecule has 3 aromatic rings. The van der Waals surface area contributed by atoms with Crippen LogP contribution in [0.3, 0.4) is 0 Å². The van der Waals surface area contributed by atoms with Crippen molar-refractivity contribution in [2.24, 2.45) is 0 Å². The second kappa shape index (κ2) is 9.09. The molecule has 0 amide bonds. The molecule has 4 nitrogen and oxygen atoms in total. The van der Waals surface area contributed by atoms with Crippen LogP contribution < -0.4 is 0 Å². The molecule has 0 radical (unpaired) electrons. The van der Waals surface area contributed by atoms with Crippen LogP contribution in [0.25, 0.3) is 0 Å². The summed E-state index contributed by atoms with van der Waals surface area (Å²) in [4.78, 5) is 11.1. The zero-order chi connectivity index (χ0) is 19.2. The van der Waals surface area contributed by atoms with Crippen molar-refractivity contribution in [1.29, 1.82) is 0 Å². The maximum atomic E-state index is 6.17. The number of rotatable bonds is 6. The average molecular weight is 374 g/mol. The largest absolute Gasteiger partial charge is 0.376 e. The molecular formula is C24H27N3O. The smallest absolute Gasteiger partial charge is 0.125 e. The van der Waals surface area contributed by atoms with Gasteiger partial charge in [0, 0.05) is 43.5 Å². The quantitative estimate of drug-likeness (QED) is 0.649. The molecule has 144 valence electrons. The first kappa shape index (κ1) is 18.8. The van der Waals surface area contributed by atoms with Crippen LogP contribution in [0.4, 0.5) is 0 Å². The predicted molar refractivity (Wildman–Crippen MR) is 111 cm³/mol. The van der Waals surface area contributed by atoms with E-state index in [1.54, 1.807) is 0 Å². The number of nitrogens with zero attached hydrogens (tertiary/aromatic N) is 3. The minimum Gasteiger partial charge on any atom is -0.376 e. The van der Waals surface area contributed by atoms with Gasteiger partial charge in [0.25, 0.3) is 0 Å². The molecule has 1 aromatic heterocycles. The summed E-state index contributed by atoms with van der Waals surface area (Å²) in [6.45, 7) is 5.45. The fourth-order valence-electron chi connectivity index (χ4n) is 3.92. The van der Waals surface area contributed by atoms with Gasteiger partial charge in [-0.1, -0.05) is 60.7 Å². The SMILES string of the molecule is Cc1ncc(CN2CCO[C@@H](CC(c3ccccc3)c3ccccc3)C2)cn1. The van der Waals surface area contributed by atoms with E-state index in [1.807, 2.05) is 19.3 Å². The summed E-state index contributed by atoms with van der Waals surface area (Å²) < 4.78 is 6.17. The Hall–Kier alpha value is -2.56. The predicted octanol–water partition coefficient (Wildman–Crippen LogP) is 4.21. The fraction of sp³-hybridized carbons (Fsp3) is 0.333. The minimum atomic E-state index is 0.213. The van der Waals surface area contributed by atoms with E-state index in [1.165, 1.54) is 11.1 Å². The lowest BCUT2D eigenvalue weighted by molar-refractivity contribution is -0.0365. The van der Waals surface area contributed by atoms with Crippen molar-refractivity contribution in [3.63, 3.8) is 0 Å². The van der Waals surface area contributed by atoms with Gasteiger partial charge in [-0.15, -0.1) is 0 Å². The molecule has 2 heterocycles. The van der Waals surface area contributed by atoms with Crippen molar-refractivity contribution in [2.45, 2.75) is 31.9 Å². The second-order valence-electron chi connectivity index (χ2n) is 7.48. The number of hydrogen-bond donors (Lipinski definition) is 0. The second-order valence-corrected chi connectivity index (χ2v) is 7.48. The van der Waals surface area contributed by atoms with Crippen molar-refractivity contribution < 1.29 is 4.74 Å². The van der Waals surface area contributed by atoms with Gasteiger partial charge in [0.15, 0.2) is 0 Å². The summed E-state index contributed by atoms with van der Waals surface area (Å²) in [7, 11) is 0. The molecule has 1 aliphatic rings. The zero-order valence-electron chi connectivity index (χ0n) is 16.4. The van der Waals surface area contributed by atoms with Gasteiger partial charge in [-0.3, -0.25) is 4.90 Å². The number of aryl methyl sites for hydroxylation is 1. The van der Waals surface area contributed by atoms with E-state index in [2.05, 4.69) is 75.5 Å². The van der Waals surface area contributed by atoms with Gasteiger partial charge in [-0.2, -0.15) is 0 Å². The topological polar surface area (TPSA) is 38.2 Å². The first-order valence-corrected chi connectivity index (χ1v) is 9.99. The lowest BCUT2D eigenvalue weighted by atomic mass is 9.86. The molecule has 4 rings (SSSR count). The Morgan fingerprint density at radius 2 is 1.57 bits per heavy atom. The number of morpholine rings is 1. The summed E-state index contributed by atoms with van der Waals surface area (Å²) in [5.74, 6) is 1.16. The molecule has 2 aromatic carbocycles. The van der Waals surface area contributed by atoms with Crippen LogP contribution in [0.1, 0.15) is 34.9 Å². The highest BCUT2D eigenvalue weighted by atomic mass is 16.5. The Morgan fingerprint density at radius 3 is 2.18 bits per heavy atom. The number of aromatic nitrogens is 2. The first-order chi connectivity index (χ1) is 13.8. The Balaban J connectivity index is 1.46. The van der Waals surface area contributed by atoms with Gasteiger partial charge in [-0.25, -0.2) is 9.97 Å². The lowest BCUT2D eigenvalue weighted by Crippen LogP contribution is -2.42. The summed E-state index contributed by atoms with van der Waals surface area (Å²) >= 11 is 0. The minimum absolute atomic E-state index is 0.213. The van der Waals surface area contributed by atoms with Gasteiger partial charge < -0.3 is 4.74 Å². The normalized spacial score (nSPS) is 17.7. The lowest BCUT2D eigenvalue weighted by Gasteiger charge is -2.34. The molecule has 4 heteroatoms. The Bertz CT molecular complexity index is 813. The highest BCUT2D eigenvalue weighted by molar-refractivity contribution is 5.32. The van der Waals surface area contributed by atoms with E-state index >= 15 is 0 Å². The van der Waals surface area contributed by atoms with Crippen molar-refractivity contribution >= 4 is 0 Å². The molecule has 1 atom stereocenters. The maximum absolute atomic E-state index is 6.17. The molecule has 0 unspecified atom stereocenters. The van der Waals surface area contributed by atoms with Crippen molar-refractivity contribution in [2.75, 3.05) is 19.7 Å². The first-order valence-electron chi connectivity index (χ1n) is 9.99. The van der Waals surface area contributed by atoms with Crippen LogP contribution in [-0.2, 0) is 11.3 Å². The van der Waals surface area contributed by atoms with Crippen LogP contribution in [0.15, 0.2) is 73.1 Å². The van der Waals surface area contributed by atoms with E-state index in [0.29, 0.717) is 5.92 Å². The Kier molecular flexibility index (Phi) is 6.10.